The third kappa shape index (κ3) is 0.676. The molecule has 0 N–H and O–H groups in total. The van der Waals surface area contributed by atoms with Crippen molar-refractivity contribution in [3.05, 3.63) is 28.7 Å². The molecule has 8 heavy (non-hydrogen) atoms. The second-order valence-corrected chi connectivity index (χ2v) is 1.24. The Morgan fingerprint density at radius 3 is 2.75 bits per heavy atom. The molecule has 4 heteroatoms. The third-order valence-corrected chi connectivity index (χ3v) is 0.717. The molecular formula is C4H3NO3. The molecule has 0 saturated heterocycles. The van der Waals surface area contributed by atoms with Crippen LogP contribution >= 0.6 is 0 Å². The highest BCUT2D eigenvalue weighted by Crippen LogP contribution is 2.08. The van der Waals surface area contributed by atoms with Crippen LogP contribution in [0.4, 0.5) is 5.69 Å². The fraction of sp³-hybridized carbons (Fsp3) is 0. The zero-order valence-electron chi connectivity index (χ0n) is 3.90. The monoisotopic (exact) mass is 113 g/mol. The fourth-order valence-corrected chi connectivity index (χ4v) is 0.361. The van der Waals surface area contributed by atoms with Crippen LogP contribution in [0.3, 0.4) is 0 Å². The number of hydrogen-bond acceptors (Lipinski definition) is 3. The van der Waals surface area contributed by atoms with Gasteiger partial charge in [-0.15, -0.1) is 0 Å². The Labute approximate surface area is 44.9 Å². The Balaban J connectivity index is 2.93. The summed E-state index contributed by atoms with van der Waals surface area (Å²) in [6, 6.07) is 1.29. The summed E-state index contributed by atoms with van der Waals surface area (Å²) in [6.45, 7) is 0. The average molecular weight is 113 g/mol. The maximum atomic E-state index is 9.81. The van der Waals surface area contributed by atoms with Crippen LogP contribution < -0.4 is 0 Å². The molecule has 0 fully saturated rings. The van der Waals surface area contributed by atoms with Crippen molar-refractivity contribution in [2.24, 2.45) is 0 Å². The summed E-state index contributed by atoms with van der Waals surface area (Å²) < 4.78 is 4.43. The minimum Gasteiger partial charge on any atom is -0.465 e. The molecule has 0 aliphatic rings. The molecular weight excluding hydrogens is 110 g/mol. The molecule has 0 bridgehead atoms. The summed E-state index contributed by atoms with van der Waals surface area (Å²) in [4.78, 5) is 9.30. The lowest BCUT2D eigenvalue weighted by Crippen LogP contribution is -1.81. The second kappa shape index (κ2) is 1.65. The van der Waals surface area contributed by atoms with E-state index in [0.717, 1.165) is 6.26 Å². The normalized spacial score (nSPS) is 9.00. The van der Waals surface area contributed by atoms with Gasteiger partial charge in [0, 0.05) is 0 Å². The van der Waals surface area contributed by atoms with E-state index in [4.69, 9.17) is 0 Å². The maximum absolute atomic E-state index is 9.81. The molecule has 1 rings (SSSR count). The van der Waals surface area contributed by atoms with Crippen molar-refractivity contribution in [3.8, 4) is 0 Å². The maximum Gasteiger partial charge on any atom is 0.307 e. The van der Waals surface area contributed by atoms with Gasteiger partial charge in [-0.05, 0) is 0 Å². The first-order valence-electron chi connectivity index (χ1n) is 1.97. The van der Waals surface area contributed by atoms with Crippen LogP contribution in [-0.2, 0) is 0 Å². The molecule has 1 aromatic rings. The minimum absolute atomic E-state index is 0.00926. The standard InChI is InChI=1S/C4H3NO3/c6-5(7)4-1-2-8-3-4/h1-3H. The molecule has 0 aliphatic heterocycles. The van der Waals surface area contributed by atoms with Crippen LogP contribution in [0.25, 0.3) is 0 Å². The average Bonchev–Trinajstić information content (AvgIpc) is 2.12. The first-order valence-corrected chi connectivity index (χ1v) is 1.97. The lowest BCUT2D eigenvalue weighted by molar-refractivity contribution is -0.385. The van der Waals surface area contributed by atoms with Gasteiger partial charge in [0.1, 0.15) is 0 Å². The van der Waals surface area contributed by atoms with Crippen LogP contribution in [0.2, 0.25) is 0 Å². The highest BCUT2D eigenvalue weighted by atomic mass is 16.6. The van der Waals surface area contributed by atoms with E-state index in [-0.39, 0.29) is 5.69 Å². The van der Waals surface area contributed by atoms with Crippen LogP contribution in [-0.4, -0.2) is 4.92 Å². The quantitative estimate of drug-likeness (QED) is 0.406. The SMILES string of the molecule is O=[N+]([O-])c1ccoc1. The zero-order chi connectivity index (χ0) is 5.98. The lowest BCUT2D eigenvalue weighted by Gasteiger charge is -1.76. The molecule has 1 heterocycles. The number of hydrogen-bond donors (Lipinski definition) is 0. The summed E-state index contributed by atoms with van der Waals surface area (Å²) in [7, 11) is 0. The molecule has 4 nitrogen and oxygen atoms in total. The van der Waals surface area contributed by atoms with Gasteiger partial charge in [0.2, 0.25) is 0 Å². The molecule has 0 saturated carbocycles. The Bertz CT molecular complexity index is 179. The van der Waals surface area contributed by atoms with Crippen molar-refractivity contribution in [1.82, 2.24) is 0 Å². The van der Waals surface area contributed by atoms with Gasteiger partial charge < -0.3 is 4.42 Å². The Hall–Kier alpha value is -1.32. The van der Waals surface area contributed by atoms with Crippen molar-refractivity contribution in [3.63, 3.8) is 0 Å². The summed E-state index contributed by atoms with van der Waals surface area (Å²) >= 11 is 0. The molecule has 42 valence electrons. The molecule has 0 amide bonds. The van der Waals surface area contributed by atoms with Gasteiger partial charge in [0.15, 0.2) is 6.26 Å². The Morgan fingerprint density at radius 1 is 1.75 bits per heavy atom. The zero-order valence-corrected chi connectivity index (χ0v) is 3.90. The van der Waals surface area contributed by atoms with Crippen LogP contribution in [0, 0.1) is 10.1 Å². The smallest absolute Gasteiger partial charge is 0.307 e. The Kier molecular flexibility index (Phi) is 0.997. The lowest BCUT2D eigenvalue weighted by atomic mass is 10.6. The predicted molar refractivity (Wildman–Crippen MR) is 25.4 cm³/mol. The van der Waals surface area contributed by atoms with E-state index in [2.05, 4.69) is 4.42 Å². The number of rotatable bonds is 1. The van der Waals surface area contributed by atoms with E-state index in [0.29, 0.717) is 0 Å². The van der Waals surface area contributed by atoms with E-state index in [1.165, 1.54) is 12.3 Å². The summed E-state index contributed by atoms with van der Waals surface area (Å²) in [5, 5.41) is 9.81. The van der Waals surface area contributed by atoms with Crippen molar-refractivity contribution >= 4 is 5.69 Å². The Morgan fingerprint density at radius 2 is 2.50 bits per heavy atom. The van der Waals surface area contributed by atoms with E-state index in [1.54, 1.807) is 0 Å². The molecule has 0 spiro atoms. The highest BCUT2D eigenvalue weighted by molar-refractivity contribution is 5.21. The first-order chi connectivity index (χ1) is 3.80. The van der Waals surface area contributed by atoms with Crippen LogP contribution in [0.15, 0.2) is 23.0 Å². The minimum atomic E-state index is -0.510. The van der Waals surface area contributed by atoms with Gasteiger partial charge in [-0.3, -0.25) is 10.1 Å². The molecule has 0 atom stereocenters. The van der Waals surface area contributed by atoms with Crippen molar-refractivity contribution in [1.29, 1.82) is 0 Å². The predicted octanol–water partition coefficient (Wildman–Crippen LogP) is 1.19. The van der Waals surface area contributed by atoms with E-state index >= 15 is 0 Å². The van der Waals surface area contributed by atoms with Gasteiger partial charge >= 0.3 is 5.69 Å². The highest BCUT2D eigenvalue weighted by Gasteiger charge is 2.02. The largest absolute Gasteiger partial charge is 0.465 e. The van der Waals surface area contributed by atoms with Crippen LogP contribution in [0.1, 0.15) is 0 Å². The number of nitro groups is 1. The summed E-state index contributed by atoms with van der Waals surface area (Å²) in [5.74, 6) is 0. The van der Waals surface area contributed by atoms with E-state index in [1.807, 2.05) is 0 Å². The molecule has 0 aliphatic carbocycles. The number of furan rings is 1. The molecule has 0 unspecified atom stereocenters. The van der Waals surface area contributed by atoms with E-state index < -0.39 is 4.92 Å². The van der Waals surface area contributed by atoms with Gasteiger partial charge in [0.25, 0.3) is 0 Å². The molecule has 1 aromatic heterocycles. The van der Waals surface area contributed by atoms with Gasteiger partial charge in [-0.25, -0.2) is 0 Å². The molecule has 0 radical (unpaired) electrons. The summed E-state index contributed by atoms with van der Waals surface area (Å²) in [5.41, 5.74) is -0.00926. The van der Waals surface area contributed by atoms with Crippen molar-refractivity contribution < 1.29 is 9.34 Å². The fourth-order valence-electron chi connectivity index (χ4n) is 0.361. The van der Waals surface area contributed by atoms with Gasteiger partial charge in [-0.1, -0.05) is 0 Å². The molecule has 0 aromatic carbocycles. The number of nitrogens with zero attached hydrogens (tertiary/aromatic N) is 1. The van der Waals surface area contributed by atoms with Gasteiger partial charge in [-0.2, -0.15) is 0 Å². The van der Waals surface area contributed by atoms with Crippen LogP contribution in [0.5, 0.6) is 0 Å². The first kappa shape index (κ1) is 4.83. The van der Waals surface area contributed by atoms with Crippen molar-refractivity contribution in [2.75, 3.05) is 0 Å². The second-order valence-electron chi connectivity index (χ2n) is 1.24. The topological polar surface area (TPSA) is 56.3 Å². The van der Waals surface area contributed by atoms with Gasteiger partial charge in [0.05, 0.1) is 17.3 Å². The summed E-state index contributed by atoms with van der Waals surface area (Å²) in [6.07, 6.45) is 2.35. The van der Waals surface area contributed by atoms with Crippen molar-refractivity contribution in [2.45, 2.75) is 0 Å². The van der Waals surface area contributed by atoms with E-state index in [9.17, 15) is 10.1 Å². The third-order valence-electron chi connectivity index (χ3n) is 0.717.